The number of Topliss-reactive ketones (excluding diaryl/α,β-unsaturated/α-hetero) is 1. The Morgan fingerprint density at radius 1 is 1.19 bits per heavy atom. The summed E-state index contributed by atoms with van der Waals surface area (Å²) in [5.41, 5.74) is 2.78. The monoisotopic (exact) mass is 512 g/mol. The number of carbonyl (C=O) groups excluding carboxylic acids is 2. The molecule has 4 aliphatic carbocycles. The van der Waals surface area contributed by atoms with Gasteiger partial charge in [0.05, 0.1) is 12.2 Å². The van der Waals surface area contributed by atoms with Crippen LogP contribution in [0.3, 0.4) is 0 Å². The lowest BCUT2D eigenvalue weighted by Crippen LogP contribution is -2.59. The van der Waals surface area contributed by atoms with Gasteiger partial charge in [-0.1, -0.05) is 60.6 Å². The zero-order valence-corrected chi connectivity index (χ0v) is 24.2. The largest absolute Gasteiger partial charge is 0.457 e. The second kappa shape index (κ2) is 9.48. The fraction of sp³-hybridized carbons (Fsp3) is 0.750. The summed E-state index contributed by atoms with van der Waals surface area (Å²) in [5.74, 6) is 0.756. The van der Waals surface area contributed by atoms with Crippen LogP contribution in [0.1, 0.15) is 93.9 Å². The van der Waals surface area contributed by atoms with E-state index in [4.69, 9.17) is 4.74 Å². The van der Waals surface area contributed by atoms with Gasteiger partial charge in [-0.15, -0.1) is 0 Å². The molecule has 3 saturated carbocycles. The van der Waals surface area contributed by atoms with Crippen LogP contribution in [0.2, 0.25) is 0 Å². The van der Waals surface area contributed by atoms with Crippen molar-refractivity contribution in [3.63, 3.8) is 0 Å². The van der Waals surface area contributed by atoms with Crippen LogP contribution in [0.5, 0.6) is 0 Å². The van der Waals surface area contributed by atoms with Crippen molar-refractivity contribution in [3.05, 3.63) is 34.9 Å². The number of allylic oxidation sites excluding steroid dienone is 3. The van der Waals surface area contributed by atoms with Gasteiger partial charge in [0.1, 0.15) is 6.10 Å². The van der Waals surface area contributed by atoms with E-state index in [9.17, 15) is 19.8 Å². The van der Waals surface area contributed by atoms with Crippen molar-refractivity contribution in [2.75, 3.05) is 0 Å². The summed E-state index contributed by atoms with van der Waals surface area (Å²) in [5, 5.41) is 21.8. The van der Waals surface area contributed by atoms with E-state index in [1.54, 1.807) is 0 Å². The molecule has 206 valence electrons. The third-order valence-electron chi connectivity index (χ3n) is 11.0. The number of hydrogen-bond acceptors (Lipinski definition) is 5. The Balaban J connectivity index is 1.79. The number of fused-ring (bicyclic) bond motifs is 4. The Bertz CT molecular complexity index is 1050. The van der Waals surface area contributed by atoms with Crippen molar-refractivity contribution < 1.29 is 24.5 Å². The van der Waals surface area contributed by atoms with Crippen LogP contribution in [-0.2, 0) is 14.3 Å². The van der Waals surface area contributed by atoms with Crippen LogP contribution in [0.15, 0.2) is 34.9 Å². The first-order valence-corrected chi connectivity index (χ1v) is 14.3. The highest BCUT2D eigenvalue weighted by molar-refractivity contribution is 6.02. The van der Waals surface area contributed by atoms with E-state index in [1.807, 2.05) is 13.8 Å². The number of ketones is 1. The molecule has 0 aromatic heterocycles. The molecule has 5 heteroatoms. The molecule has 37 heavy (non-hydrogen) atoms. The number of aliphatic hydroxyl groups excluding tert-OH is 2. The molecule has 0 saturated heterocycles. The summed E-state index contributed by atoms with van der Waals surface area (Å²) in [6.07, 6.45) is 4.37. The Labute approximate surface area is 223 Å². The van der Waals surface area contributed by atoms with Crippen molar-refractivity contribution in [1.82, 2.24) is 0 Å². The molecule has 0 bridgehead atoms. The van der Waals surface area contributed by atoms with Gasteiger partial charge in [0.15, 0.2) is 5.78 Å². The standard InChI is InChI=1S/C32H48O5/c1-17(2)18(3)10-11-19(4)22-14-24(34)28-21-12-13-26-30(6,7)29(36)25(35)16-31(26,8)23(21)15-27(32(22,28)9)37-20(5)33/h15,17,19,22,25-27,29,35-36H,3,10-14,16H2,1-2,4-9H3/t19-,22-,25-,26+,27+,29+,31-,32+/m1/s1. The van der Waals surface area contributed by atoms with Crippen molar-refractivity contribution in [3.8, 4) is 0 Å². The normalized spacial score (nSPS) is 39.5. The van der Waals surface area contributed by atoms with Crippen LogP contribution in [0.25, 0.3) is 0 Å². The van der Waals surface area contributed by atoms with Crippen LogP contribution >= 0.6 is 0 Å². The van der Waals surface area contributed by atoms with Gasteiger partial charge in [0, 0.05) is 24.3 Å². The lowest BCUT2D eigenvalue weighted by molar-refractivity contribution is -0.157. The molecular formula is C32H48O5. The Morgan fingerprint density at radius 3 is 2.43 bits per heavy atom. The summed E-state index contributed by atoms with van der Waals surface area (Å²) in [7, 11) is 0. The number of carbonyl (C=O) groups is 2. The van der Waals surface area contributed by atoms with Gasteiger partial charge in [-0.2, -0.15) is 0 Å². The SMILES string of the molecule is C=C(CC[C@@H](C)[C@H]1CC(=O)C2=C3CC[C@H]4C(C)(C)[C@@H](O)[C@H](O)C[C@]4(C)C3=C[C@H](OC(C)=O)[C@@]21C)C(C)C. The maximum atomic E-state index is 13.8. The molecule has 3 fully saturated rings. The lowest BCUT2D eigenvalue weighted by atomic mass is 9.46. The van der Waals surface area contributed by atoms with E-state index < -0.39 is 34.6 Å². The molecule has 4 aliphatic rings. The number of hydrogen-bond donors (Lipinski definition) is 2. The summed E-state index contributed by atoms with van der Waals surface area (Å²) >= 11 is 0. The predicted octanol–water partition coefficient (Wildman–Crippen LogP) is 5.95. The minimum Gasteiger partial charge on any atom is -0.457 e. The summed E-state index contributed by atoms with van der Waals surface area (Å²) < 4.78 is 6.04. The van der Waals surface area contributed by atoms with Gasteiger partial charge in [0.2, 0.25) is 0 Å². The van der Waals surface area contributed by atoms with Gasteiger partial charge in [-0.05, 0) is 83.8 Å². The smallest absolute Gasteiger partial charge is 0.303 e. The van der Waals surface area contributed by atoms with E-state index in [0.717, 1.165) is 42.4 Å². The zero-order chi connectivity index (χ0) is 27.7. The number of esters is 1. The molecule has 0 heterocycles. The van der Waals surface area contributed by atoms with Gasteiger partial charge < -0.3 is 14.9 Å². The van der Waals surface area contributed by atoms with Crippen LogP contribution in [-0.4, -0.2) is 40.3 Å². The quantitative estimate of drug-likeness (QED) is 0.340. The van der Waals surface area contributed by atoms with E-state index in [-0.39, 0.29) is 29.5 Å². The minimum absolute atomic E-state index is 0.0744. The first kappa shape index (κ1) is 28.3. The molecular weight excluding hydrogens is 464 g/mol. The second-order valence-corrected chi connectivity index (χ2v) is 13.9. The molecule has 0 amide bonds. The molecule has 4 rings (SSSR count). The number of rotatable bonds is 6. The zero-order valence-electron chi connectivity index (χ0n) is 24.2. The summed E-state index contributed by atoms with van der Waals surface area (Å²) in [6, 6.07) is 0. The maximum Gasteiger partial charge on any atom is 0.303 e. The van der Waals surface area contributed by atoms with Crippen LogP contribution in [0, 0.1) is 39.9 Å². The average molecular weight is 513 g/mol. The van der Waals surface area contributed by atoms with Crippen molar-refractivity contribution in [2.24, 2.45) is 39.9 Å². The molecule has 0 aliphatic heterocycles. The fourth-order valence-electron chi connectivity index (χ4n) is 8.72. The third-order valence-corrected chi connectivity index (χ3v) is 11.0. The van der Waals surface area contributed by atoms with E-state index in [1.165, 1.54) is 12.5 Å². The van der Waals surface area contributed by atoms with Gasteiger partial charge in [-0.3, -0.25) is 9.59 Å². The minimum atomic E-state index is -0.844. The predicted molar refractivity (Wildman–Crippen MR) is 146 cm³/mol. The first-order chi connectivity index (χ1) is 17.1. The fourth-order valence-corrected chi connectivity index (χ4v) is 8.72. The highest BCUT2D eigenvalue weighted by atomic mass is 16.5. The highest BCUT2D eigenvalue weighted by Crippen LogP contribution is 2.66. The number of aliphatic hydroxyl groups is 2. The Hall–Kier alpha value is -1.72. The third kappa shape index (κ3) is 4.29. The molecule has 0 spiro atoms. The molecule has 0 unspecified atom stereocenters. The summed E-state index contributed by atoms with van der Waals surface area (Å²) in [6.45, 7) is 20.6. The molecule has 2 N–H and O–H groups in total. The average Bonchev–Trinajstić information content (AvgIpc) is 3.07. The van der Waals surface area contributed by atoms with Crippen molar-refractivity contribution in [2.45, 2.75) is 112 Å². The van der Waals surface area contributed by atoms with Crippen LogP contribution in [0.4, 0.5) is 0 Å². The molecule has 5 nitrogen and oxygen atoms in total. The molecule has 0 aromatic carbocycles. The van der Waals surface area contributed by atoms with E-state index in [2.05, 4.69) is 47.3 Å². The second-order valence-electron chi connectivity index (χ2n) is 13.9. The molecule has 8 atom stereocenters. The summed E-state index contributed by atoms with van der Waals surface area (Å²) in [4.78, 5) is 26.2. The van der Waals surface area contributed by atoms with Crippen molar-refractivity contribution >= 4 is 11.8 Å². The van der Waals surface area contributed by atoms with Gasteiger partial charge in [-0.25, -0.2) is 0 Å². The Morgan fingerprint density at radius 2 is 1.84 bits per heavy atom. The molecule has 0 aromatic rings. The van der Waals surface area contributed by atoms with E-state index >= 15 is 0 Å². The Kier molecular flexibility index (Phi) is 7.25. The molecule has 0 radical (unpaired) electrons. The lowest BCUT2D eigenvalue weighted by Gasteiger charge is -2.60. The van der Waals surface area contributed by atoms with Crippen molar-refractivity contribution in [1.29, 1.82) is 0 Å². The van der Waals surface area contributed by atoms with E-state index in [0.29, 0.717) is 18.8 Å². The van der Waals surface area contributed by atoms with Gasteiger partial charge in [0.25, 0.3) is 0 Å². The number of ether oxygens (including phenoxy) is 1. The highest BCUT2D eigenvalue weighted by Gasteiger charge is 2.63. The topological polar surface area (TPSA) is 83.8 Å². The van der Waals surface area contributed by atoms with Crippen LogP contribution < -0.4 is 0 Å². The van der Waals surface area contributed by atoms with Gasteiger partial charge >= 0.3 is 5.97 Å². The maximum absolute atomic E-state index is 13.8. The first-order valence-electron chi connectivity index (χ1n) is 14.3.